The van der Waals surface area contributed by atoms with Crippen molar-refractivity contribution in [3.63, 3.8) is 0 Å². The highest BCUT2D eigenvalue weighted by atomic mass is 35.5. The van der Waals surface area contributed by atoms with Gasteiger partial charge in [-0.05, 0) is 43.7 Å². The number of furan rings is 1. The van der Waals surface area contributed by atoms with Crippen LogP contribution in [-0.2, 0) is 14.3 Å². The molecule has 0 bridgehead atoms. The molecule has 0 radical (unpaired) electrons. The maximum absolute atomic E-state index is 12.8. The maximum Gasteiger partial charge on any atom is 0.338 e. The number of hydrogen-bond donors (Lipinski definition) is 0. The molecule has 2 heterocycles. The van der Waals surface area contributed by atoms with Gasteiger partial charge in [0.25, 0.3) is 0 Å². The summed E-state index contributed by atoms with van der Waals surface area (Å²) in [6.07, 6.45) is 0.526. The van der Waals surface area contributed by atoms with Crippen molar-refractivity contribution in [3.8, 4) is 0 Å². The van der Waals surface area contributed by atoms with Gasteiger partial charge in [-0.3, -0.25) is 4.79 Å². The van der Waals surface area contributed by atoms with E-state index in [2.05, 4.69) is 0 Å². The predicted octanol–water partition coefficient (Wildman–Crippen LogP) is 4.14. The first-order valence-electron chi connectivity index (χ1n) is 7.90. The van der Waals surface area contributed by atoms with E-state index in [0.717, 1.165) is 5.56 Å². The van der Waals surface area contributed by atoms with Gasteiger partial charge in [0.15, 0.2) is 11.9 Å². The fraction of sp³-hybridized carbons (Fsp3) is 0.263. The Labute approximate surface area is 150 Å². The predicted molar refractivity (Wildman–Crippen MR) is 91.4 cm³/mol. The Bertz CT molecular complexity index is 805. The monoisotopic (exact) mass is 360 g/mol. The number of rotatable bonds is 5. The molecule has 2 unspecified atom stereocenters. The smallest absolute Gasteiger partial charge is 0.338 e. The highest BCUT2D eigenvalue weighted by Crippen LogP contribution is 2.41. The second-order valence-electron chi connectivity index (χ2n) is 5.60. The number of benzene rings is 1. The van der Waals surface area contributed by atoms with E-state index in [1.165, 1.54) is 6.26 Å². The van der Waals surface area contributed by atoms with E-state index in [0.29, 0.717) is 16.4 Å². The Balaban J connectivity index is 2.03. The lowest BCUT2D eigenvalue weighted by Crippen LogP contribution is -2.29. The molecule has 130 valence electrons. The molecule has 3 rings (SSSR count). The Hall–Kier alpha value is -2.53. The fourth-order valence-corrected chi connectivity index (χ4v) is 3.07. The van der Waals surface area contributed by atoms with Crippen molar-refractivity contribution < 1.29 is 23.5 Å². The molecule has 2 aromatic rings. The summed E-state index contributed by atoms with van der Waals surface area (Å²) in [5.41, 5.74) is 1.09. The van der Waals surface area contributed by atoms with Crippen LogP contribution < -0.4 is 0 Å². The van der Waals surface area contributed by atoms with E-state index in [-0.39, 0.29) is 18.2 Å². The summed E-state index contributed by atoms with van der Waals surface area (Å²) in [5.74, 6) is -0.850. The summed E-state index contributed by atoms with van der Waals surface area (Å²) in [5, 5.41) is 0.565. The number of carbonyl (C=O) groups excluding carboxylic acids is 2. The van der Waals surface area contributed by atoms with E-state index in [1.807, 2.05) is 0 Å². The van der Waals surface area contributed by atoms with Crippen molar-refractivity contribution in [2.75, 3.05) is 6.61 Å². The van der Waals surface area contributed by atoms with Gasteiger partial charge in [-0.2, -0.15) is 0 Å². The largest absolute Gasteiger partial charge is 0.485 e. The standard InChI is InChI=1S/C19H17ClO5/c1-3-23-19(22)15-11(2)25-18(17(21)14-5-4-10-24-14)16(15)12-6-8-13(20)9-7-12/h4-10,16,18H,3H2,1-2H3. The second kappa shape index (κ2) is 7.15. The van der Waals surface area contributed by atoms with Crippen LogP contribution in [0.4, 0.5) is 0 Å². The van der Waals surface area contributed by atoms with Crippen LogP contribution in [0.25, 0.3) is 0 Å². The van der Waals surface area contributed by atoms with E-state index < -0.39 is 18.0 Å². The molecule has 0 saturated carbocycles. The average molecular weight is 361 g/mol. The summed E-state index contributed by atoms with van der Waals surface area (Å²) in [6, 6.07) is 10.2. The zero-order valence-electron chi connectivity index (χ0n) is 13.8. The third-order valence-corrected chi connectivity index (χ3v) is 4.30. The minimum absolute atomic E-state index is 0.182. The maximum atomic E-state index is 12.8. The van der Waals surface area contributed by atoms with Crippen LogP contribution >= 0.6 is 11.6 Å². The van der Waals surface area contributed by atoms with Crippen LogP contribution in [0.1, 0.15) is 35.9 Å². The van der Waals surface area contributed by atoms with Gasteiger partial charge in [0.1, 0.15) is 5.76 Å². The van der Waals surface area contributed by atoms with Crippen molar-refractivity contribution in [2.24, 2.45) is 0 Å². The van der Waals surface area contributed by atoms with Gasteiger partial charge >= 0.3 is 5.97 Å². The van der Waals surface area contributed by atoms with Gasteiger partial charge in [-0.15, -0.1) is 0 Å². The first kappa shape index (κ1) is 17.3. The van der Waals surface area contributed by atoms with Crippen molar-refractivity contribution in [1.29, 1.82) is 0 Å². The second-order valence-corrected chi connectivity index (χ2v) is 6.04. The van der Waals surface area contributed by atoms with Crippen molar-refractivity contribution in [1.82, 2.24) is 0 Å². The topological polar surface area (TPSA) is 65.7 Å². The summed E-state index contributed by atoms with van der Waals surface area (Å²) < 4.78 is 16.1. The van der Waals surface area contributed by atoms with Crippen LogP contribution in [0, 0.1) is 0 Å². The molecule has 1 aromatic carbocycles. The number of ketones is 1. The fourth-order valence-electron chi connectivity index (χ4n) is 2.95. The first-order chi connectivity index (χ1) is 12.0. The van der Waals surface area contributed by atoms with Crippen LogP contribution in [0.3, 0.4) is 0 Å². The zero-order chi connectivity index (χ0) is 18.0. The Morgan fingerprint density at radius 3 is 2.52 bits per heavy atom. The summed E-state index contributed by atoms with van der Waals surface area (Å²) in [7, 11) is 0. The van der Waals surface area contributed by atoms with E-state index in [4.69, 9.17) is 25.5 Å². The Morgan fingerprint density at radius 1 is 1.20 bits per heavy atom. The molecule has 0 spiro atoms. The van der Waals surface area contributed by atoms with Crippen molar-refractivity contribution in [3.05, 3.63) is 70.3 Å². The lowest BCUT2D eigenvalue weighted by molar-refractivity contribution is -0.138. The van der Waals surface area contributed by atoms with Gasteiger partial charge in [-0.1, -0.05) is 23.7 Å². The molecule has 0 fully saturated rings. The van der Waals surface area contributed by atoms with Crippen LogP contribution in [0.2, 0.25) is 5.02 Å². The number of halogens is 1. The molecular formula is C19H17ClO5. The molecule has 0 saturated heterocycles. The molecule has 6 heteroatoms. The van der Waals surface area contributed by atoms with Gasteiger partial charge in [0, 0.05) is 5.02 Å². The minimum atomic E-state index is -0.897. The molecule has 1 aliphatic rings. The van der Waals surface area contributed by atoms with Crippen LogP contribution in [-0.4, -0.2) is 24.5 Å². The molecular weight excluding hydrogens is 344 g/mol. The molecule has 1 aromatic heterocycles. The van der Waals surface area contributed by atoms with Crippen molar-refractivity contribution in [2.45, 2.75) is 25.9 Å². The molecule has 0 amide bonds. The SMILES string of the molecule is CCOC(=O)C1=C(C)OC(C(=O)c2ccco2)C1c1ccc(Cl)cc1. The third-order valence-electron chi connectivity index (χ3n) is 4.04. The number of Topliss-reactive ketones (excluding diaryl/α,β-unsaturated/α-hetero) is 1. The minimum Gasteiger partial charge on any atom is -0.485 e. The lowest BCUT2D eigenvalue weighted by Gasteiger charge is -2.19. The lowest BCUT2D eigenvalue weighted by atomic mass is 9.85. The molecule has 25 heavy (non-hydrogen) atoms. The van der Waals surface area contributed by atoms with E-state index >= 15 is 0 Å². The number of hydrogen-bond acceptors (Lipinski definition) is 5. The number of esters is 1. The first-order valence-corrected chi connectivity index (χ1v) is 8.28. The van der Waals surface area contributed by atoms with Crippen LogP contribution in [0.15, 0.2) is 58.4 Å². The summed E-state index contributed by atoms with van der Waals surface area (Å²) >= 11 is 5.96. The average Bonchev–Trinajstić information content (AvgIpc) is 3.23. The van der Waals surface area contributed by atoms with E-state index in [1.54, 1.807) is 50.2 Å². The molecule has 0 aliphatic carbocycles. The Kier molecular flexibility index (Phi) is 4.95. The highest BCUT2D eigenvalue weighted by molar-refractivity contribution is 6.30. The van der Waals surface area contributed by atoms with Gasteiger partial charge in [-0.25, -0.2) is 4.79 Å². The van der Waals surface area contributed by atoms with Crippen LogP contribution in [0.5, 0.6) is 0 Å². The molecule has 1 aliphatic heterocycles. The summed E-state index contributed by atoms with van der Waals surface area (Å²) in [6.45, 7) is 3.62. The Morgan fingerprint density at radius 2 is 1.92 bits per heavy atom. The van der Waals surface area contributed by atoms with Gasteiger partial charge < -0.3 is 13.9 Å². The molecule has 2 atom stereocenters. The number of carbonyl (C=O) groups is 2. The zero-order valence-corrected chi connectivity index (χ0v) is 14.6. The molecule has 5 nitrogen and oxygen atoms in total. The van der Waals surface area contributed by atoms with Gasteiger partial charge in [0.2, 0.25) is 5.78 Å². The summed E-state index contributed by atoms with van der Waals surface area (Å²) in [4.78, 5) is 25.2. The van der Waals surface area contributed by atoms with Crippen molar-refractivity contribution >= 4 is 23.4 Å². The van der Waals surface area contributed by atoms with E-state index in [9.17, 15) is 9.59 Å². The number of allylic oxidation sites excluding steroid dienone is 1. The molecule has 0 N–H and O–H groups in total. The highest BCUT2D eigenvalue weighted by Gasteiger charge is 2.45. The number of ether oxygens (including phenoxy) is 2. The quantitative estimate of drug-likeness (QED) is 0.592. The van der Waals surface area contributed by atoms with Gasteiger partial charge in [0.05, 0.1) is 24.4 Å². The normalized spacial score (nSPS) is 19.6. The third kappa shape index (κ3) is 3.33.